The molecule has 1 fully saturated rings. The van der Waals surface area contributed by atoms with Crippen LogP contribution in [-0.4, -0.2) is 56.1 Å². The maximum Gasteiger partial charge on any atom is 0.490 e. The van der Waals surface area contributed by atoms with E-state index in [9.17, 15) is 23.1 Å². The maximum absolute atomic E-state index is 12.2. The van der Waals surface area contributed by atoms with Crippen LogP contribution in [0.3, 0.4) is 0 Å². The number of hydrogen-bond acceptors (Lipinski definition) is 8. The monoisotopic (exact) mass is 584 g/mol. The lowest BCUT2D eigenvalue weighted by Crippen LogP contribution is -2.35. The van der Waals surface area contributed by atoms with Crippen LogP contribution in [0.4, 0.5) is 42.0 Å². The first-order valence-corrected chi connectivity index (χ1v) is 11.8. The Kier molecular flexibility index (Phi) is 9.10. The Morgan fingerprint density at radius 3 is 2.35 bits per heavy atom. The molecule has 3 heterocycles. The van der Waals surface area contributed by atoms with Crippen LogP contribution in [0.2, 0.25) is 0 Å². The van der Waals surface area contributed by atoms with E-state index in [0.717, 1.165) is 37.3 Å². The van der Waals surface area contributed by atoms with Gasteiger partial charge in [-0.1, -0.05) is 0 Å². The summed E-state index contributed by atoms with van der Waals surface area (Å²) in [4.78, 5) is 32.2. The van der Waals surface area contributed by atoms with Crippen molar-refractivity contribution in [2.24, 2.45) is 7.05 Å². The number of piperidine rings is 1. The number of benzene rings is 1. The second kappa shape index (κ2) is 12.1. The Bertz CT molecular complexity index is 1280. The van der Waals surface area contributed by atoms with E-state index < -0.39 is 12.1 Å². The van der Waals surface area contributed by atoms with Crippen molar-refractivity contribution < 1.29 is 28.2 Å². The molecule has 1 saturated heterocycles. The zero-order valence-electron chi connectivity index (χ0n) is 19.5. The summed E-state index contributed by atoms with van der Waals surface area (Å²) in [5.74, 6) is -1.84. The zero-order valence-corrected chi connectivity index (χ0v) is 21.1. The third-order valence-corrected chi connectivity index (χ3v) is 5.90. The second-order valence-corrected chi connectivity index (χ2v) is 8.90. The van der Waals surface area contributed by atoms with Crippen LogP contribution >= 0.6 is 15.9 Å². The van der Waals surface area contributed by atoms with Crippen molar-refractivity contribution in [3.05, 3.63) is 63.6 Å². The Morgan fingerprint density at radius 1 is 1.14 bits per heavy atom. The molecule has 0 spiro atoms. The number of aromatic nitrogens is 3. The highest BCUT2D eigenvalue weighted by Gasteiger charge is 2.38. The van der Waals surface area contributed by atoms with Crippen molar-refractivity contribution in [1.29, 1.82) is 0 Å². The number of carbonyl (C=O) groups is 1. The van der Waals surface area contributed by atoms with Crippen LogP contribution in [0.15, 0.2) is 58.1 Å². The van der Waals surface area contributed by atoms with Crippen molar-refractivity contribution in [2.75, 3.05) is 28.6 Å². The van der Waals surface area contributed by atoms with E-state index >= 15 is 0 Å². The predicted octanol–water partition coefficient (Wildman–Crippen LogP) is 4.02. The number of aliphatic hydroxyl groups excluding tert-OH is 1. The van der Waals surface area contributed by atoms with Crippen molar-refractivity contribution in [3.8, 4) is 0 Å². The van der Waals surface area contributed by atoms with Gasteiger partial charge in [-0.15, -0.1) is 0 Å². The first-order chi connectivity index (χ1) is 17.4. The minimum absolute atomic E-state index is 0.140. The molecule has 10 nitrogen and oxygen atoms in total. The SMILES string of the molecule is Cn1cccc(Nc2nc(Nc3ccc(N4CCC(O)CC4)cc3)ncc2Br)c1=O.O=C(O)C(F)(F)F. The normalized spacial score (nSPS) is 13.9. The molecule has 0 radical (unpaired) electrons. The van der Waals surface area contributed by atoms with E-state index in [4.69, 9.17) is 9.90 Å². The molecule has 0 saturated carbocycles. The molecule has 0 amide bonds. The molecule has 14 heteroatoms. The van der Waals surface area contributed by atoms with Gasteiger partial charge in [0.15, 0.2) is 5.82 Å². The largest absolute Gasteiger partial charge is 0.490 e. The highest BCUT2D eigenvalue weighted by molar-refractivity contribution is 9.10. The Hall–Kier alpha value is -3.65. The average molecular weight is 585 g/mol. The molecular weight excluding hydrogens is 561 g/mol. The van der Waals surface area contributed by atoms with Crippen LogP contribution in [0, 0.1) is 0 Å². The fourth-order valence-corrected chi connectivity index (χ4v) is 3.63. The lowest BCUT2D eigenvalue weighted by molar-refractivity contribution is -0.192. The Morgan fingerprint density at radius 2 is 1.76 bits per heavy atom. The van der Waals surface area contributed by atoms with E-state index in [1.54, 1.807) is 31.6 Å². The molecule has 198 valence electrons. The number of anilines is 5. The first kappa shape index (κ1) is 27.9. The molecule has 4 rings (SSSR count). The molecule has 4 N–H and O–H groups in total. The van der Waals surface area contributed by atoms with Crippen LogP contribution in [-0.2, 0) is 11.8 Å². The van der Waals surface area contributed by atoms with Gasteiger partial charge in [0.2, 0.25) is 5.95 Å². The van der Waals surface area contributed by atoms with Gasteiger partial charge in [-0.3, -0.25) is 4.79 Å². The van der Waals surface area contributed by atoms with Crippen LogP contribution in [0.25, 0.3) is 0 Å². The second-order valence-electron chi connectivity index (χ2n) is 8.05. The number of aliphatic hydroxyl groups is 1. The minimum Gasteiger partial charge on any atom is -0.475 e. The number of alkyl halides is 3. The molecule has 2 aromatic heterocycles. The molecule has 1 aromatic carbocycles. The molecule has 3 aromatic rings. The number of nitrogens with one attached hydrogen (secondary N) is 2. The summed E-state index contributed by atoms with van der Waals surface area (Å²) < 4.78 is 33.9. The molecule has 0 bridgehead atoms. The van der Waals surface area contributed by atoms with E-state index in [-0.39, 0.29) is 11.7 Å². The van der Waals surface area contributed by atoms with Crippen LogP contribution in [0.5, 0.6) is 0 Å². The maximum atomic E-state index is 12.2. The number of halogens is 4. The van der Waals surface area contributed by atoms with Gasteiger partial charge in [-0.25, -0.2) is 9.78 Å². The predicted molar refractivity (Wildman–Crippen MR) is 136 cm³/mol. The van der Waals surface area contributed by atoms with Gasteiger partial charge >= 0.3 is 12.1 Å². The third kappa shape index (κ3) is 7.92. The molecule has 1 aliphatic heterocycles. The molecule has 0 atom stereocenters. The van der Waals surface area contributed by atoms with Gasteiger partial charge < -0.3 is 30.3 Å². The van der Waals surface area contributed by atoms with Crippen molar-refractivity contribution in [1.82, 2.24) is 14.5 Å². The van der Waals surface area contributed by atoms with Crippen molar-refractivity contribution in [3.63, 3.8) is 0 Å². The molecular formula is C23H24BrF3N6O4. The summed E-state index contributed by atoms with van der Waals surface area (Å²) in [7, 11) is 1.70. The quantitative estimate of drug-likeness (QED) is 0.351. The number of nitrogens with zero attached hydrogens (tertiary/aromatic N) is 4. The van der Waals surface area contributed by atoms with Crippen molar-refractivity contribution in [2.45, 2.75) is 25.1 Å². The summed E-state index contributed by atoms with van der Waals surface area (Å²) >= 11 is 3.43. The Balaban J connectivity index is 0.000000479. The number of pyridine rings is 1. The smallest absolute Gasteiger partial charge is 0.475 e. The summed E-state index contributed by atoms with van der Waals surface area (Å²) in [5.41, 5.74) is 2.28. The fraction of sp³-hybridized carbons (Fsp3) is 0.304. The lowest BCUT2D eigenvalue weighted by atomic mass is 10.1. The number of carboxylic acids is 1. The van der Waals surface area contributed by atoms with Gasteiger partial charge in [0.25, 0.3) is 5.56 Å². The van der Waals surface area contributed by atoms with Crippen molar-refractivity contribution >= 4 is 50.7 Å². The van der Waals surface area contributed by atoms with Crippen LogP contribution < -0.4 is 21.1 Å². The average Bonchev–Trinajstić information content (AvgIpc) is 2.85. The molecule has 0 unspecified atom stereocenters. The van der Waals surface area contributed by atoms with Crippen LogP contribution in [0.1, 0.15) is 12.8 Å². The molecule has 37 heavy (non-hydrogen) atoms. The number of aryl methyl sites for hydroxylation is 1. The van der Waals surface area contributed by atoms with E-state index in [1.807, 2.05) is 24.3 Å². The zero-order chi connectivity index (χ0) is 27.2. The highest BCUT2D eigenvalue weighted by atomic mass is 79.9. The standard InChI is InChI=1S/C21H23BrN6O2.C2HF3O2/c1-27-10-2-3-18(20(27)30)25-19-17(22)13-23-21(26-19)24-14-4-6-15(7-5-14)28-11-8-16(29)9-12-28;3-2(4,5)1(6)7/h2-7,10,13,16,29H,8-9,11-12H2,1H3,(H2,23,24,25,26);(H,6,7). The minimum atomic E-state index is -5.08. The van der Waals surface area contributed by atoms with Gasteiger partial charge in [-0.2, -0.15) is 18.2 Å². The fourth-order valence-electron chi connectivity index (χ4n) is 3.34. The molecule has 1 aliphatic rings. The number of hydrogen-bond donors (Lipinski definition) is 4. The van der Waals surface area contributed by atoms with E-state index in [1.165, 1.54) is 4.57 Å². The van der Waals surface area contributed by atoms with E-state index in [0.29, 0.717) is 21.9 Å². The molecule has 0 aliphatic carbocycles. The number of carboxylic acid groups (broad SMARTS) is 1. The lowest BCUT2D eigenvalue weighted by Gasteiger charge is -2.31. The van der Waals surface area contributed by atoms with Gasteiger partial charge in [0.05, 0.1) is 10.6 Å². The summed E-state index contributed by atoms with van der Waals surface area (Å²) in [6.07, 6.45) is -0.334. The first-order valence-electron chi connectivity index (χ1n) is 11.0. The van der Waals surface area contributed by atoms with Gasteiger partial charge in [0, 0.05) is 43.9 Å². The summed E-state index contributed by atoms with van der Waals surface area (Å²) in [6, 6.07) is 11.6. The van der Waals surface area contributed by atoms with E-state index in [2.05, 4.69) is 41.4 Å². The number of aliphatic carboxylic acids is 1. The third-order valence-electron chi connectivity index (χ3n) is 5.32. The highest BCUT2D eigenvalue weighted by Crippen LogP contribution is 2.26. The topological polar surface area (TPSA) is 133 Å². The number of rotatable bonds is 5. The van der Waals surface area contributed by atoms with Gasteiger partial charge in [0.1, 0.15) is 5.69 Å². The summed E-state index contributed by atoms with van der Waals surface area (Å²) in [5, 5.41) is 23.1. The summed E-state index contributed by atoms with van der Waals surface area (Å²) in [6.45, 7) is 1.72. The van der Waals surface area contributed by atoms with Gasteiger partial charge in [-0.05, 0) is 65.2 Å². The Labute approximate surface area is 217 Å².